The van der Waals surface area contributed by atoms with Gasteiger partial charge >= 0.3 is 13.6 Å². The average molecular weight is 552 g/mol. The zero-order valence-electron chi connectivity index (χ0n) is 23.8. The third kappa shape index (κ3) is 7.05. The Morgan fingerprint density at radius 2 is 1.84 bits per heavy atom. The highest BCUT2D eigenvalue weighted by Gasteiger charge is 2.47. The molecule has 0 N–H and O–H groups in total. The van der Waals surface area contributed by atoms with Gasteiger partial charge in [0.05, 0.1) is 33.0 Å². The van der Waals surface area contributed by atoms with Crippen molar-refractivity contribution in [3.8, 4) is 17.6 Å². The third-order valence-electron chi connectivity index (χ3n) is 6.45. The number of ether oxygens (including phenoxy) is 3. The monoisotopic (exact) mass is 551 g/mol. The van der Waals surface area contributed by atoms with Crippen LogP contribution >= 0.6 is 7.60 Å². The summed E-state index contributed by atoms with van der Waals surface area (Å²) in [6.07, 6.45) is 2.54. The molecule has 0 fully saturated rings. The molecule has 37 heavy (non-hydrogen) atoms. The second-order valence-corrected chi connectivity index (χ2v) is 18.8. The molecule has 0 amide bonds. The molecule has 0 aliphatic carbocycles. The summed E-state index contributed by atoms with van der Waals surface area (Å²) in [6, 6.07) is 3.12. The van der Waals surface area contributed by atoms with Crippen LogP contribution in [0.15, 0.2) is 11.6 Å². The first-order chi connectivity index (χ1) is 17.3. The van der Waals surface area contributed by atoms with E-state index in [1.807, 2.05) is 19.9 Å². The molecule has 0 bridgehead atoms. The highest BCUT2D eigenvalue weighted by Crippen LogP contribution is 2.61. The topological polar surface area (TPSA) is 104 Å². The Morgan fingerprint density at radius 1 is 1.22 bits per heavy atom. The molecule has 1 unspecified atom stereocenters. The predicted molar refractivity (Wildman–Crippen MR) is 147 cm³/mol. The first kappa shape index (κ1) is 31.1. The maximum atomic E-state index is 13.5. The molecule has 8 nitrogen and oxygen atoms in total. The van der Waals surface area contributed by atoms with Gasteiger partial charge in [-0.05, 0) is 59.1 Å². The number of esters is 1. The van der Waals surface area contributed by atoms with Gasteiger partial charge < -0.3 is 23.3 Å². The fraction of sp³-hybridized carbons (Fsp3) is 0.630. The molecule has 0 aromatic heterocycles. The smallest absolute Gasteiger partial charge is 0.350 e. The fourth-order valence-electron chi connectivity index (χ4n) is 4.38. The minimum atomic E-state index is -3.68. The van der Waals surface area contributed by atoms with Crippen molar-refractivity contribution in [2.75, 3.05) is 26.9 Å². The number of rotatable bonds is 14. The van der Waals surface area contributed by atoms with E-state index in [0.717, 1.165) is 28.3 Å². The Bertz CT molecular complexity index is 1110. The van der Waals surface area contributed by atoms with Crippen LogP contribution in [0.2, 0.25) is 25.7 Å². The lowest BCUT2D eigenvalue weighted by Gasteiger charge is -2.30. The number of carbonyl (C=O) groups excluding carboxylic acids is 1. The SMILES string of the molecule is CCOP(=O)(OCC)C(C)(C#N)C/C(C)=C/Cc1c(OC)c(C)c2c(c1OCC[Si](C)(C)C)C(=O)OC2. The van der Waals surface area contributed by atoms with E-state index >= 15 is 0 Å². The number of carbonyl (C=O) groups is 1. The molecule has 0 saturated carbocycles. The standard InChI is InChI=1S/C27H42NO7PSi/c1-10-34-36(30,35-11-2)27(5,18-28)16-19(3)12-13-21-24(31-6)20(4)22-17-33-26(29)23(22)25(21)32-14-15-37(7,8)9/h12H,10-11,13-17H2,1-9H3/b19-12+. The van der Waals surface area contributed by atoms with Crippen LogP contribution in [-0.2, 0) is 31.4 Å². The maximum absolute atomic E-state index is 13.5. The van der Waals surface area contributed by atoms with Crippen LogP contribution in [0.25, 0.3) is 0 Å². The van der Waals surface area contributed by atoms with Crippen LogP contribution < -0.4 is 9.47 Å². The number of nitriles is 1. The van der Waals surface area contributed by atoms with Crippen LogP contribution in [0.1, 0.15) is 61.2 Å². The van der Waals surface area contributed by atoms with Gasteiger partial charge in [0.2, 0.25) is 0 Å². The second-order valence-electron chi connectivity index (χ2n) is 10.7. The Morgan fingerprint density at radius 3 is 2.35 bits per heavy atom. The van der Waals surface area contributed by atoms with Crippen molar-refractivity contribution in [1.29, 1.82) is 5.26 Å². The summed E-state index contributed by atoms with van der Waals surface area (Å²) in [4.78, 5) is 12.7. The molecule has 1 aliphatic heterocycles. The molecule has 10 heteroatoms. The molecule has 1 aromatic rings. The molecule has 206 valence electrons. The van der Waals surface area contributed by atoms with E-state index in [9.17, 15) is 14.6 Å². The lowest BCUT2D eigenvalue weighted by atomic mass is 9.94. The summed E-state index contributed by atoms with van der Waals surface area (Å²) in [7, 11) is -3.45. The Hall–Kier alpha value is -2.11. The molecule has 2 rings (SSSR count). The molecule has 1 atom stereocenters. The van der Waals surface area contributed by atoms with Crippen LogP contribution in [0.3, 0.4) is 0 Å². The highest BCUT2D eigenvalue weighted by atomic mass is 31.2. The molecular formula is C27H42NO7PSi. The Kier molecular flexibility index (Phi) is 10.6. The average Bonchev–Trinajstić information content (AvgIpc) is 3.20. The number of methoxy groups -OCH3 is 1. The lowest BCUT2D eigenvalue weighted by molar-refractivity contribution is 0.0532. The van der Waals surface area contributed by atoms with E-state index in [0.29, 0.717) is 30.1 Å². The van der Waals surface area contributed by atoms with Crippen LogP contribution in [0.4, 0.5) is 0 Å². The normalized spacial score (nSPS) is 15.6. The number of allylic oxidation sites excluding steroid dienone is 2. The quantitative estimate of drug-likeness (QED) is 0.107. The summed E-state index contributed by atoms with van der Waals surface area (Å²) in [5, 5.41) is 8.62. The van der Waals surface area contributed by atoms with Gasteiger partial charge in [-0.3, -0.25) is 4.57 Å². The third-order valence-corrected chi connectivity index (χ3v) is 10.8. The number of fused-ring (bicyclic) bond motifs is 1. The summed E-state index contributed by atoms with van der Waals surface area (Å²) in [6.45, 7) is 16.7. The van der Waals surface area contributed by atoms with Crippen molar-refractivity contribution < 1.29 is 32.6 Å². The van der Waals surface area contributed by atoms with Crippen molar-refractivity contribution in [3.05, 3.63) is 33.9 Å². The molecule has 1 aliphatic rings. The molecular weight excluding hydrogens is 509 g/mol. The van der Waals surface area contributed by atoms with E-state index in [2.05, 4.69) is 25.7 Å². The molecule has 1 aromatic carbocycles. The largest absolute Gasteiger partial charge is 0.496 e. The molecule has 0 spiro atoms. The van der Waals surface area contributed by atoms with Gasteiger partial charge in [0.25, 0.3) is 0 Å². The molecule has 0 radical (unpaired) electrons. The summed E-state index contributed by atoms with van der Waals surface area (Å²) < 4.78 is 41.9. The van der Waals surface area contributed by atoms with Crippen LogP contribution in [-0.4, -0.2) is 46.1 Å². The van der Waals surface area contributed by atoms with Gasteiger partial charge in [-0.2, -0.15) is 5.26 Å². The minimum absolute atomic E-state index is 0.178. The number of benzene rings is 1. The van der Waals surface area contributed by atoms with Gasteiger partial charge in [0.1, 0.15) is 23.7 Å². The van der Waals surface area contributed by atoms with Gasteiger partial charge in [-0.25, -0.2) is 4.79 Å². The lowest BCUT2D eigenvalue weighted by Crippen LogP contribution is -2.26. The molecule has 1 heterocycles. The summed E-state index contributed by atoms with van der Waals surface area (Å²) >= 11 is 0. The van der Waals surface area contributed by atoms with E-state index in [1.165, 1.54) is 0 Å². The van der Waals surface area contributed by atoms with Gasteiger partial charge in [0.15, 0.2) is 5.16 Å². The molecule has 0 saturated heterocycles. The first-order valence-electron chi connectivity index (χ1n) is 12.8. The Labute approximate surface area is 222 Å². The van der Waals surface area contributed by atoms with E-state index in [-0.39, 0.29) is 26.2 Å². The Balaban J connectivity index is 2.49. The van der Waals surface area contributed by atoms with Crippen LogP contribution in [0.5, 0.6) is 11.5 Å². The minimum Gasteiger partial charge on any atom is -0.496 e. The number of hydrogen-bond acceptors (Lipinski definition) is 8. The van der Waals surface area contributed by atoms with Gasteiger partial charge in [-0.1, -0.05) is 31.3 Å². The zero-order valence-corrected chi connectivity index (χ0v) is 25.7. The number of cyclic esters (lactones) is 1. The summed E-state index contributed by atoms with van der Waals surface area (Å²) in [5.74, 6) is 0.762. The van der Waals surface area contributed by atoms with Crippen molar-refractivity contribution >= 4 is 21.6 Å². The van der Waals surface area contributed by atoms with Crippen molar-refractivity contribution in [1.82, 2.24) is 0 Å². The van der Waals surface area contributed by atoms with Crippen molar-refractivity contribution in [3.63, 3.8) is 0 Å². The maximum Gasteiger partial charge on any atom is 0.350 e. The second kappa shape index (κ2) is 12.6. The summed E-state index contributed by atoms with van der Waals surface area (Å²) in [5.41, 5.74) is 3.69. The number of nitrogens with zero attached hydrogens (tertiary/aromatic N) is 1. The highest BCUT2D eigenvalue weighted by molar-refractivity contribution is 7.56. The van der Waals surface area contributed by atoms with Gasteiger partial charge in [0, 0.05) is 19.2 Å². The van der Waals surface area contributed by atoms with E-state index in [4.69, 9.17) is 23.3 Å². The van der Waals surface area contributed by atoms with Gasteiger partial charge in [-0.15, -0.1) is 0 Å². The van der Waals surface area contributed by atoms with Crippen molar-refractivity contribution in [2.24, 2.45) is 0 Å². The van der Waals surface area contributed by atoms with E-state index < -0.39 is 26.8 Å². The first-order valence-corrected chi connectivity index (χ1v) is 18.0. The van der Waals surface area contributed by atoms with E-state index in [1.54, 1.807) is 27.9 Å². The number of hydrogen-bond donors (Lipinski definition) is 0. The predicted octanol–water partition coefficient (Wildman–Crippen LogP) is 6.82. The zero-order chi connectivity index (χ0) is 28.0. The fourth-order valence-corrected chi connectivity index (χ4v) is 6.98. The van der Waals surface area contributed by atoms with Crippen LogP contribution in [0, 0.1) is 18.3 Å². The van der Waals surface area contributed by atoms with Crippen molar-refractivity contribution in [2.45, 2.75) is 84.9 Å².